The van der Waals surface area contributed by atoms with Crippen molar-refractivity contribution in [1.82, 2.24) is 5.73 Å². The molecule has 79 valence electrons. The van der Waals surface area contributed by atoms with Crippen LogP contribution in [0.15, 0.2) is 0 Å². The SMILES string of the molecule is CCCCCCCCCC([NH])CC. The van der Waals surface area contributed by atoms with Crippen molar-refractivity contribution in [2.24, 2.45) is 0 Å². The fourth-order valence-electron chi connectivity index (χ4n) is 1.55. The standard InChI is InChI=1S/C12H26N/c1-3-5-6-7-8-9-10-11-12(13)4-2/h12-13H,3-11H2,1-2H3. The Morgan fingerprint density at radius 3 is 1.92 bits per heavy atom. The Labute approximate surface area is 84.1 Å². The average molecular weight is 184 g/mol. The predicted molar refractivity (Wildman–Crippen MR) is 59.8 cm³/mol. The highest BCUT2D eigenvalue weighted by Gasteiger charge is 1.98. The van der Waals surface area contributed by atoms with Gasteiger partial charge in [-0.05, 0) is 12.8 Å². The van der Waals surface area contributed by atoms with E-state index < -0.39 is 0 Å². The first-order valence-electron chi connectivity index (χ1n) is 6.02. The van der Waals surface area contributed by atoms with Gasteiger partial charge >= 0.3 is 0 Å². The monoisotopic (exact) mass is 184 g/mol. The molecule has 1 unspecified atom stereocenters. The van der Waals surface area contributed by atoms with Gasteiger partial charge in [0.25, 0.3) is 0 Å². The zero-order chi connectivity index (χ0) is 9.94. The molecule has 1 nitrogen and oxygen atoms in total. The van der Waals surface area contributed by atoms with Gasteiger partial charge in [0.1, 0.15) is 0 Å². The van der Waals surface area contributed by atoms with Crippen LogP contribution in [-0.4, -0.2) is 6.04 Å². The second-order valence-electron chi connectivity index (χ2n) is 4.02. The van der Waals surface area contributed by atoms with E-state index in [4.69, 9.17) is 5.73 Å². The van der Waals surface area contributed by atoms with Crippen LogP contribution in [0.25, 0.3) is 0 Å². The molecule has 0 aromatic carbocycles. The fraction of sp³-hybridized carbons (Fsp3) is 1.00. The van der Waals surface area contributed by atoms with Crippen LogP contribution in [-0.2, 0) is 0 Å². The molecule has 0 saturated carbocycles. The van der Waals surface area contributed by atoms with Crippen molar-refractivity contribution >= 4 is 0 Å². The average Bonchev–Trinajstić information content (AvgIpc) is 2.16. The summed E-state index contributed by atoms with van der Waals surface area (Å²) in [6.07, 6.45) is 11.7. The van der Waals surface area contributed by atoms with Gasteiger partial charge in [-0.25, -0.2) is 0 Å². The van der Waals surface area contributed by atoms with Crippen LogP contribution < -0.4 is 5.73 Å². The number of unbranched alkanes of at least 4 members (excludes halogenated alkanes) is 6. The van der Waals surface area contributed by atoms with Crippen molar-refractivity contribution < 1.29 is 0 Å². The van der Waals surface area contributed by atoms with Crippen molar-refractivity contribution in [2.45, 2.75) is 77.7 Å². The third kappa shape index (κ3) is 9.88. The third-order valence-corrected chi connectivity index (χ3v) is 2.65. The lowest BCUT2D eigenvalue weighted by atomic mass is 10.0. The minimum atomic E-state index is 0.204. The fourth-order valence-corrected chi connectivity index (χ4v) is 1.55. The smallest absolute Gasteiger partial charge is 0.0210 e. The van der Waals surface area contributed by atoms with Crippen molar-refractivity contribution in [3.8, 4) is 0 Å². The summed E-state index contributed by atoms with van der Waals surface area (Å²) >= 11 is 0. The molecule has 0 fully saturated rings. The van der Waals surface area contributed by atoms with Crippen LogP contribution in [0.5, 0.6) is 0 Å². The highest BCUT2D eigenvalue weighted by Crippen LogP contribution is 2.10. The van der Waals surface area contributed by atoms with Crippen LogP contribution in [0, 0.1) is 0 Å². The van der Waals surface area contributed by atoms with E-state index >= 15 is 0 Å². The van der Waals surface area contributed by atoms with Gasteiger partial charge in [0.2, 0.25) is 0 Å². The van der Waals surface area contributed by atoms with Gasteiger partial charge < -0.3 is 0 Å². The minimum Gasteiger partial charge on any atom is -0.255 e. The molecule has 0 spiro atoms. The molecule has 0 aromatic rings. The van der Waals surface area contributed by atoms with E-state index in [2.05, 4.69) is 13.8 Å². The highest BCUT2D eigenvalue weighted by atomic mass is 14.6. The molecule has 0 bridgehead atoms. The predicted octanol–water partition coefficient (Wildman–Crippen LogP) is 4.19. The molecule has 1 atom stereocenters. The van der Waals surface area contributed by atoms with Gasteiger partial charge in [-0.1, -0.05) is 58.8 Å². The van der Waals surface area contributed by atoms with Crippen LogP contribution in [0.3, 0.4) is 0 Å². The summed E-state index contributed by atoms with van der Waals surface area (Å²) in [5.41, 5.74) is 7.57. The molecule has 0 aliphatic rings. The van der Waals surface area contributed by atoms with Crippen LogP contribution in [0.4, 0.5) is 0 Å². The summed E-state index contributed by atoms with van der Waals surface area (Å²) in [6.45, 7) is 4.37. The van der Waals surface area contributed by atoms with Gasteiger partial charge in [-0.2, -0.15) is 0 Å². The molecular weight excluding hydrogens is 158 g/mol. The van der Waals surface area contributed by atoms with Gasteiger partial charge in [0.15, 0.2) is 0 Å². The van der Waals surface area contributed by atoms with E-state index in [-0.39, 0.29) is 6.04 Å². The van der Waals surface area contributed by atoms with Gasteiger partial charge in [-0.15, -0.1) is 0 Å². The maximum Gasteiger partial charge on any atom is 0.0210 e. The van der Waals surface area contributed by atoms with E-state index in [9.17, 15) is 0 Å². The van der Waals surface area contributed by atoms with Crippen molar-refractivity contribution in [3.63, 3.8) is 0 Å². The summed E-state index contributed by atoms with van der Waals surface area (Å²) in [5, 5.41) is 0. The van der Waals surface area contributed by atoms with Gasteiger partial charge in [-0.3, -0.25) is 5.73 Å². The Morgan fingerprint density at radius 1 is 0.846 bits per heavy atom. The molecule has 1 radical (unpaired) electrons. The lowest BCUT2D eigenvalue weighted by Gasteiger charge is -2.06. The Balaban J connectivity index is 2.91. The quantitative estimate of drug-likeness (QED) is 0.480. The minimum absolute atomic E-state index is 0.204. The first-order valence-corrected chi connectivity index (χ1v) is 6.02. The largest absolute Gasteiger partial charge is 0.255 e. The maximum absolute atomic E-state index is 7.57. The zero-order valence-electron chi connectivity index (χ0n) is 9.44. The van der Waals surface area contributed by atoms with Crippen LogP contribution in [0.1, 0.15) is 71.6 Å². The first kappa shape index (κ1) is 13.0. The molecule has 0 aromatic heterocycles. The number of hydrogen-bond donors (Lipinski definition) is 0. The molecule has 13 heavy (non-hydrogen) atoms. The van der Waals surface area contributed by atoms with E-state index in [1.807, 2.05) is 0 Å². The molecule has 0 amide bonds. The lowest BCUT2D eigenvalue weighted by Crippen LogP contribution is -2.05. The second kappa shape index (κ2) is 10.0. The van der Waals surface area contributed by atoms with Crippen molar-refractivity contribution in [2.75, 3.05) is 0 Å². The number of nitrogens with one attached hydrogen (secondary N) is 1. The summed E-state index contributed by atoms with van der Waals surface area (Å²) in [4.78, 5) is 0. The molecule has 0 aliphatic heterocycles. The first-order chi connectivity index (χ1) is 6.31. The number of rotatable bonds is 9. The molecule has 0 heterocycles. The van der Waals surface area contributed by atoms with Crippen LogP contribution in [0.2, 0.25) is 0 Å². The summed E-state index contributed by atoms with van der Waals surface area (Å²) in [6, 6.07) is 0.204. The van der Waals surface area contributed by atoms with Gasteiger partial charge in [0, 0.05) is 6.04 Å². The Kier molecular flexibility index (Phi) is 10.0. The molecule has 0 saturated heterocycles. The van der Waals surface area contributed by atoms with Crippen molar-refractivity contribution in [3.05, 3.63) is 0 Å². The van der Waals surface area contributed by atoms with E-state index in [0.717, 1.165) is 12.8 Å². The second-order valence-corrected chi connectivity index (χ2v) is 4.02. The normalized spacial score (nSPS) is 13.2. The molecule has 0 aliphatic carbocycles. The van der Waals surface area contributed by atoms with E-state index in [0.29, 0.717) is 0 Å². The number of hydrogen-bond acceptors (Lipinski definition) is 0. The Bertz CT molecular complexity index is 91.1. The van der Waals surface area contributed by atoms with Gasteiger partial charge in [0.05, 0.1) is 0 Å². The zero-order valence-corrected chi connectivity index (χ0v) is 9.44. The van der Waals surface area contributed by atoms with Crippen molar-refractivity contribution in [1.29, 1.82) is 0 Å². The molecular formula is C12H26N. The van der Waals surface area contributed by atoms with E-state index in [1.165, 1.54) is 44.9 Å². The molecule has 0 rings (SSSR count). The Morgan fingerprint density at radius 2 is 1.38 bits per heavy atom. The summed E-state index contributed by atoms with van der Waals surface area (Å²) in [7, 11) is 0. The topological polar surface area (TPSA) is 23.8 Å². The van der Waals surface area contributed by atoms with Crippen LogP contribution >= 0.6 is 0 Å². The summed E-state index contributed by atoms with van der Waals surface area (Å²) in [5.74, 6) is 0. The third-order valence-electron chi connectivity index (χ3n) is 2.65. The van der Waals surface area contributed by atoms with E-state index in [1.54, 1.807) is 0 Å². The molecule has 1 heteroatoms. The molecule has 1 N–H and O–H groups in total. The maximum atomic E-state index is 7.57. The lowest BCUT2D eigenvalue weighted by molar-refractivity contribution is 0.514. The summed E-state index contributed by atoms with van der Waals surface area (Å²) < 4.78 is 0. The highest BCUT2D eigenvalue weighted by molar-refractivity contribution is 4.57. The Hall–Kier alpha value is -0.0400.